The molecule has 0 aliphatic heterocycles. The molecule has 0 aromatic heterocycles. The van der Waals surface area contributed by atoms with Crippen LogP contribution in [0.15, 0.2) is 54.6 Å². The molecule has 0 saturated heterocycles. The predicted octanol–water partition coefficient (Wildman–Crippen LogP) is 3.32. The van der Waals surface area contributed by atoms with E-state index in [1.54, 1.807) is 12.1 Å². The van der Waals surface area contributed by atoms with E-state index in [0.29, 0.717) is 17.9 Å². The number of amides is 1. The van der Waals surface area contributed by atoms with E-state index >= 15 is 0 Å². The summed E-state index contributed by atoms with van der Waals surface area (Å²) < 4.78 is 4.82. The molecule has 1 amide bonds. The third-order valence-corrected chi connectivity index (χ3v) is 3.91. The largest absolute Gasteiger partial charge is 0.467 e. The Morgan fingerprint density at radius 2 is 1.62 bits per heavy atom. The number of hydrogen-bond donors (Lipinski definition) is 1. The molecule has 1 N–H and O–H groups in total. The summed E-state index contributed by atoms with van der Waals surface area (Å²) in [4.78, 5) is 24.4. The molecule has 2 aromatic rings. The SMILES string of the molecule is COC(=O)[C@@H](Cc1ccccc1)NC(=O)c1ccc(C(C)C)cc1. The summed E-state index contributed by atoms with van der Waals surface area (Å²) in [6, 6.07) is 16.3. The molecule has 4 heteroatoms. The van der Waals surface area contributed by atoms with Gasteiger partial charge in [-0.1, -0.05) is 56.3 Å². The highest BCUT2D eigenvalue weighted by Crippen LogP contribution is 2.15. The molecule has 0 radical (unpaired) electrons. The van der Waals surface area contributed by atoms with Crippen molar-refractivity contribution in [3.05, 3.63) is 71.3 Å². The van der Waals surface area contributed by atoms with Crippen LogP contribution in [0.3, 0.4) is 0 Å². The first-order chi connectivity index (χ1) is 11.5. The van der Waals surface area contributed by atoms with Crippen molar-refractivity contribution < 1.29 is 14.3 Å². The predicted molar refractivity (Wildman–Crippen MR) is 93.9 cm³/mol. The highest BCUT2D eigenvalue weighted by molar-refractivity contribution is 5.96. The van der Waals surface area contributed by atoms with Crippen LogP contribution in [0.2, 0.25) is 0 Å². The lowest BCUT2D eigenvalue weighted by Crippen LogP contribution is -2.43. The second kappa shape index (κ2) is 8.29. The zero-order chi connectivity index (χ0) is 17.5. The monoisotopic (exact) mass is 325 g/mol. The van der Waals surface area contributed by atoms with Crippen molar-refractivity contribution in [1.29, 1.82) is 0 Å². The van der Waals surface area contributed by atoms with Crippen molar-refractivity contribution in [2.45, 2.75) is 32.2 Å². The van der Waals surface area contributed by atoms with Crippen molar-refractivity contribution in [2.75, 3.05) is 7.11 Å². The van der Waals surface area contributed by atoms with E-state index in [2.05, 4.69) is 19.2 Å². The average Bonchev–Trinajstić information content (AvgIpc) is 2.61. The third-order valence-electron chi connectivity index (χ3n) is 3.91. The summed E-state index contributed by atoms with van der Waals surface area (Å²) in [5, 5.41) is 2.77. The first-order valence-corrected chi connectivity index (χ1v) is 8.04. The summed E-state index contributed by atoms with van der Waals surface area (Å²) in [5.41, 5.74) is 2.66. The number of nitrogens with one attached hydrogen (secondary N) is 1. The minimum Gasteiger partial charge on any atom is -0.467 e. The zero-order valence-electron chi connectivity index (χ0n) is 14.3. The minimum atomic E-state index is -0.713. The lowest BCUT2D eigenvalue weighted by molar-refractivity contribution is -0.142. The molecule has 2 aromatic carbocycles. The molecule has 0 aliphatic rings. The van der Waals surface area contributed by atoms with Gasteiger partial charge < -0.3 is 10.1 Å². The van der Waals surface area contributed by atoms with Crippen molar-refractivity contribution in [1.82, 2.24) is 5.32 Å². The highest BCUT2D eigenvalue weighted by atomic mass is 16.5. The molecule has 0 unspecified atom stereocenters. The first-order valence-electron chi connectivity index (χ1n) is 8.04. The van der Waals surface area contributed by atoms with Gasteiger partial charge in [-0.05, 0) is 29.2 Å². The molecule has 0 heterocycles. The minimum absolute atomic E-state index is 0.281. The van der Waals surface area contributed by atoms with Crippen LogP contribution in [-0.4, -0.2) is 25.0 Å². The fourth-order valence-electron chi connectivity index (χ4n) is 2.45. The fourth-order valence-corrected chi connectivity index (χ4v) is 2.45. The van der Waals surface area contributed by atoms with Crippen LogP contribution < -0.4 is 5.32 Å². The lowest BCUT2D eigenvalue weighted by Gasteiger charge is -2.17. The molecule has 1 atom stereocenters. The van der Waals surface area contributed by atoms with Gasteiger partial charge in [-0.2, -0.15) is 0 Å². The maximum absolute atomic E-state index is 12.4. The lowest BCUT2D eigenvalue weighted by atomic mass is 10.0. The summed E-state index contributed by atoms with van der Waals surface area (Å²) in [5.74, 6) is -0.328. The van der Waals surface area contributed by atoms with Crippen LogP contribution in [0, 0.1) is 0 Å². The van der Waals surface area contributed by atoms with E-state index in [4.69, 9.17) is 4.74 Å². The summed E-state index contributed by atoms with van der Waals surface area (Å²) in [6.45, 7) is 4.20. The Bertz CT molecular complexity index is 678. The topological polar surface area (TPSA) is 55.4 Å². The second-order valence-electron chi connectivity index (χ2n) is 6.02. The molecule has 24 heavy (non-hydrogen) atoms. The van der Waals surface area contributed by atoms with Gasteiger partial charge in [-0.3, -0.25) is 4.79 Å². The smallest absolute Gasteiger partial charge is 0.328 e. The Balaban J connectivity index is 2.10. The van der Waals surface area contributed by atoms with Crippen LogP contribution in [-0.2, 0) is 16.0 Å². The van der Waals surface area contributed by atoms with Crippen LogP contribution in [0.1, 0.15) is 41.3 Å². The van der Waals surface area contributed by atoms with Crippen molar-refractivity contribution in [2.24, 2.45) is 0 Å². The van der Waals surface area contributed by atoms with Gasteiger partial charge in [0.25, 0.3) is 5.91 Å². The molecule has 2 rings (SSSR count). The summed E-state index contributed by atoms with van der Waals surface area (Å²) >= 11 is 0. The third kappa shape index (κ3) is 4.69. The van der Waals surface area contributed by atoms with Crippen molar-refractivity contribution in [3.63, 3.8) is 0 Å². The van der Waals surface area contributed by atoms with E-state index in [0.717, 1.165) is 5.56 Å². The molecule has 0 bridgehead atoms. The number of methoxy groups -OCH3 is 1. The number of rotatable bonds is 6. The molecule has 0 spiro atoms. The normalized spacial score (nSPS) is 11.8. The Morgan fingerprint density at radius 3 is 2.17 bits per heavy atom. The van der Waals surface area contributed by atoms with Crippen LogP contribution in [0.5, 0.6) is 0 Å². The van der Waals surface area contributed by atoms with E-state index < -0.39 is 12.0 Å². The number of carbonyl (C=O) groups is 2. The maximum atomic E-state index is 12.4. The van der Waals surface area contributed by atoms with Crippen molar-refractivity contribution in [3.8, 4) is 0 Å². The Hall–Kier alpha value is -2.62. The first kappa shape index (κ1) is 17.7. The molecule has 0 saturated carbocycles. The van der Waals surface area contributed by atoms with Gasteiger partial charge in [0.1, 0.15) is 6.04 Å². The molecule has 0 aliphatic carbocycles. The standard InChI is InChI=1S/C20H23NO3/c1-14(2)16-9-11-17(12-10-16)19(22)21-18(20(23)24-3)13-15-7-5-4-6-8-15/h4-12,14,18H,13H2,1-3H3,(H,21,22)/t18-/m1/s1. The van der Waals surface area contributed by atoms with Crippen LogP contribution in [0.4, 0.5) is 0 Å². The average molecular weight is 325 g/mol. The molecule has 0 fully saturated rings. The Morgan fingerprint density at radius 1 is 1.00 bits per heavy atom. The van der Waals surface area contributed by atoms with Gasteiger partial charge in [0, 0.05) is 12.0 Å². The second-order valence-corrected chi connectivity index (χ2v) is 6.02. The van der Waals surface area contributed by atoms with Gasteiger partial charge >= 0.3 is 5.97 Å². The van der Waals surface area contributed by atoms with Gasteiger partial charge in [-0.25, -0.2) is 4.79 Å². The highest BCUT2D eigenvalue weighted by Gasteiger charge is 2.22. The number of hydrogen-bond acceptors (Lipinski definition) is 3. The number of carbonyl (C=O) groups excluding carboxylic acids is 2. The summed E-state index contributed by atoms with van der Waals surface area (Å²) in [6.07, 6.45) is 0.392. The van der Waals surface area contributed by atoms with E-state index in [1.807, 2.05) is 42.5 Å². The van der Waals surface area contributed by atoms with Gasteiger partial charge in [0.15, 0.2) is 0 Å². The van der Waals surface area contributed by atoms with E-state index in [9.17, 15) is 9.59 Å². The van der Waals surface area contributed by atoms with Crippen molar-refractivity contribution >= 4 is 11.9 Å². The zero-order valence-corrected chi connectivity index (χ0v) is 14.3. The van der Waals surface area contributed by atoms with E-state index in [-0.39, 0.29) is 5.91 Å². The molecule has 126 valence electrons. The summed E-state index contributed by atoms with van der Waals surface area (Å²) in [7, 11) is 1.32. The molecular weight excluding hydrogens is 302 g/mol. The number of benzene rings is 2. The quantitative estimate of drug-likeness (QED) is 0.829. The fraction of sp³-hybridized carbons (Fsp3) is 0.300. The van der Waals surface area contributed by atoms with Crippen LogP contribution >= 0.6 is 0 Å². The van der Waals surface area contributed by atoms with Crippen LogP contribution in [0.25, 0.3) is 0 Å². The Kier molecular flexibility index (Phi) is 6.13. The van der Waals surface area contributed by atoms with Gasteiger partial charge in [-0.15, -0.1) is 0 Å². The number of esters is 1. The Labute approximate surface area is 142 Å². The van der Waals surface area contributed by atoms with E-state index in [1.165, 1.54) is 12.7 Å². The number of ether oxygens (including phenoxy) is 1. The maximum Gasteiger partial charge on any atom is 0.328 e. The van der Waals surface area contributed by atoms with Gasteiger partial charge in [0.05, 0.1) is 7.11 Å². The van der Waals surface area contributed by atoms with Gasteiger partial charge in [0.2, 0.25) is 0 Å². The molecular formula is C20H23NO3. The molecule has 4 nitrogen and oxygen atoms in total.